The Kier molecular flexibility index (Phi) is 4.20. The molecule has 5 nitrogen and oxygen atoms in total. The Morgan fingerprint density at radius 3 is 2.65 bits per heavy atom. The van der Waals surface area contributed by atoms with E-state index in [1.807, 2.05) is 19.1 Å². The van der Waals surface area contributed by atoms with Crippen molar-refractivity contribution in [1.29, 1.82) is 0 Å². The van der Waals surface area contributed by atoms with Crippen molar-refractivity contribution < 1.29 is 9.53 Å². The first kappa shape index (κ1) is 13.9. The van der Waals surface area contributed by atoms with Crippen molar-refractivity contribution in [2.75, 3.05) is 24.8 Å². The highest BCUT2D eigenvalue weighted by Gasteiger charge is 2.09. The normalized spacial score (nSPS) is 9.95. The fourth-order valence-corrected chi connectivity index (χ4v) is 1.86. The maximum atomic E-state index is 12.1. The zero-order chi connectivity index (χ0) is 14.5. The first-order valence-electron chi connectivity index (χ1n) is 6.24. The highest BCUT2D eigenvalue weighted by molar-refractivity contribution is 6.03. The lowest BCUT2D eigenvalue weighted by atomic mass is 10.2. The molecule has 5 heteroatoms. The molecule has 1 amide bonds. The lowest BCUT2D eigenvalue weighted by Crippen LogP contribution is -2.14. The van der Waals surface area contributed by atoms with Crippen LogP contribution in [0.5, 0.6) is 5.75 Å². The van der Waals surface area contributed by atoms with Crippen LogP contribution in [0.25, 0.3) is 0 Å². The van der Waals surface area contributed by atoms with E-state index in [2.05, 4.69) is 15.6 Å². The Hall–Kier alpha value is -2.56. The first-order valence-corrected chi connectivity index (χ1v) is 6.24. The van der Waals surface area contributed by atoms with Crippen LogP contribution >= 0.6 is 0 Å². The maximum absolute atomic E-state index is 12.1. The van der Waals surface area contributed by atoms with Crippen LogP contribution in [0.2, 0.25) is 0 Å². The molecular formula is C15H17N3O2. The van der Waals surface area contributed by atoms with E-state index in [4.69, 9.17) is 4.74 Å². The number of pyridine rings is 1. The third-order valence-corrected chi connectivity index (χ3v) is 2.93. The van der Waals surface area contributed by atoms with Crippen molar-refractivity contribution in [3.05, 3.63) is 47.8 Å². The Bertz CT molecular complexity index is 626. The highest BCUT2D eigenvalue weighted by atomic mass is 16.5. The number of aryl methyl sites for hydroxylation is 1. The number of nitrogens with zero attached hydrogens (tertiary/aromatic N) is 1. The van der Waals surface area contributed by atoms with Crippen LogP contribution in [0.4, 0.5) is 11.4 Å². The van der Waals surface area contributed by atoms with Crippen molar-refractivity contribution in [3.8, 4) is 5.75 Å². The summed E-state index contributed by atoms with van der Waals surface area (Å²) >= 11 is 0. The van der Waals surface area contributed by atoms with Crippen molar-refractivity contribution in [2.24, 2.45) is 0 Å². The number of hydrogen-bond donors (Lipinski definition) is 2. The zero-order valence-electron chi connectivity index (χ0n) is 11.7. The van der Waals surface area contributed by atoms with Crippen LogP contribution in [0.1, 0.15) is 16.1 Å². The summed E-state index contributed by atoms with van der Waals surface area (Å²) in [6.45, 7) is 1.92. The molecule has 0 saturated carbocycles. The van der Waals surface area contributed by atoms with E-state index in [1.165, 1.54) is 0 Å². The molecule has 0 aliphatic rings. The van der Waals surface area contributed by atoms with Gasteiger partial charge < -0.3 is 15.4 Å². The summed E-state index contributed by atoms with van der Waals surface area (Å²) in [6, 6.07) is 8.98. The summed E-state index contributed by atoms with van der Waals surface area (Å²) in [6.07, 6.45) is 1.60. The van der Waals surface area contributed by atoms with Gasteiger partial charge in [0.05, 0.1) is 7.11 Å². The number of amides is 1. The average molecular weight is 271 g/mol. The van der Waals surface area contributed by atoms with Gasteiger partial charge in [-0.05, 0) is 42.8 Å². The fourth-order valence-electron chi connectivity index (χ4n) is 1.86. The van der Waals surface area contributed by atoms with Crippen molar-refractivity contribution in [3.63, 3.8) is 0 Å². The standard InChI is InChI=1S/C15H17N3O2/c1-10-8-12(4-5-14(10)20-3)18-15(19)13-9-11(16-2)6-7-17-13/h4-9H,1-3H3,(H,16,17)(H,18,19). The Morgan fingerprint density at radius 2 is 2.00 bits per heavy atom. The van der Waals surface area contributed by atoms with E-state index in [0.29, 0.717) is 11.4 Å². The van der Waals surface area contributed by atoms with Gasteiger partial charge in [-0.25, -0.2) is 0 Å². The van der Waals surface area contributed by atoms with Crippen LogP contribution < -0.4 is 15.4 Å². The highest BCUT2D eigenvalue weighted by Crippen LogP contribution is 2.21. The van der Waals surface area contributed by atoms with E-state index in [-0.39, 0.29) is 5.91 Å². The quantitative estimate of drug-likeness (QED) is 0.897. The second-order valence-electron chi connectivity index (χ2n) is 4.32. The van der Waals surface area contributed by atoms with Gasteiger partial charge >= 0.3 is 0 Å². The van der Waals surface area contributed by atoms with Crippen molar-refractivity contribution >= 4 is 17.3 Å². The molecule has 0 spiro atoms. The number of carbonyl (C=O) groups is 1. The minimum Gasteiger partial charge on any atom is -0.496 e. The SMILES string of the molecule is CNc1ccnc(C(=O)Nc2ccc(OC)c(C)c2)c1. The number of nitrogens with one attached hydrogen (secondary N) is 2. The summed E-state index contributed by atoms with van der Waals surface area (Å²) in [5.41, 5.74) is 2.88. The smallest absolute Gasteiger partial charge is 0.274 e. The molecule has 0 bridgehead atoms. The molecule has 2 aromatic rings. The van der Waals surface area contributed by atoms with Crippen LogP contribution in [-0.2, 0) is 0 Å². The lowest BCUT2D eigenvalue weighted by molar-refractivity contribution is 0.102. The van der Waals surface area contributed by atoms with Gasteiger partial charge in [0.15, 0.2) is 0 Å². The van der Waals surface area contributed by atoms with E-state index in [9.17, 15) is 4.79 Å². The fraction of sp³-hybridized carbons (Fsp3) is 0.200. The third-order valence-electron chi connectivity index (χ3n) is 2.93. The van der Waals surface area contributed by atoms with E-state index in [1.54, 1.807) is 38.6 Å². The molecule has 104 valence electrons. The maximum Gasteiger partial charge on any atom is 0.274 e. The molecule has 1 aromatic heterocycles. The second kappa shape index (κ2) is 6.06. The third kappa shape index (κ3) is 3.06. The molecule has 0 aliphatic heterocycles. The minimum atomic E-state index is -0.244. The Morgan fingerprint density at radius 1 is 1.20 bits per heavy atom. The van der Waals surface area contributed by atoms with Gasteiger partial charge in [0.25, 0.3) is 5.91 Å². The largest absolute Gasteiger partial charge is 0.496 e. The minimum absolute atomic E-state index is 0.244. The van der Waals surface area contributed by atoms with Gasteiger partial charge in [-0.2, -0.15) is 0 Å². The van der Waals surface area contributed by atoms with Gasteiger partial charge in [0, 0.05) is 24.6 Å². The van der Waals surface area contributed by atoms with Crippen LogP contribution in [-0.4, -0.2) is 25.0 Å². The zero-order valence-corrected chi connectivity index (χ0v) is 11.7. The Labute approximate surface area is 118 Å². The number of rotatable bonds is 4. The summed E-state index contributed by atoms with van der Waals surface area (Å²) < 4.78 is 5.19. The molecule has 0 unspecified atom stereocenters. The monoisotopic (exact) mass is 271 g/mol. The molecular weight excluding hydrogens is 254 g/mol. The summed E-state index contributed by atoms with van der Waals surface area (Å²) in [5, 5.41) is 5.79. The van der Waals surface area contributed by atoms with Crippen molar-refractivity contribution in [1.82, 2.24) is 4.98 Å². The molecule has 1 heterocycles. The van der Waals surface area contributed by atoms with E-state index >= 15 is 0 Å². The molecule has 2 rings (SSSR count). The number of methoxy groups -OCH3 is 1. The van der Waals surface area contributed by atoms with Crippen LogP contribution in [0.3, 0.4) is 0 Å². The number of aromatic nitrogens is 1. The molecule has 0 saturated heterocycles. The number of benzene rings is 1. The molecule has 1 aromatic carbocycles. The lowest BCUT2D eigenvalue weighted by Gasteiger charge is -2.09. The molecule has 0 atom stereocenters. The molecule has 0 fully saturated rings. The second-order valence-corrected chi connectivity index (χ2v) is 4.32. The van der Waals surface area contributed by atoms with Crippen LogP contribution in [0.15, 0.2) is 36.5 Å². The van der Waals surface area contributed by atoms with Gasteiger partial charge in [-0.3, -0.25) is 9.78 Å². The number of ether oxygens (including phenoxy) is 1. The summed E-state index contributed by atoms with van der Waals surface area (Å²) in [4.78, 5) is 16.2. The van der Waals surface area contributed by atoms with Gasteiger partial charge in [-0.1, -0.05) is 0 Å². The van der Waals surface area contributed by atoms with Crippen molar-refractivity contribution in [2.45, 2.75) is 6.92 Å². The molecule has 2 N–H and O–H groups in total. The molecule has 0 aliphatic carbocycles. The predicted octanol–water partition coefficient (Wildman–Crippen LogP) is 2.69. The summed E-state index contributed by atoms with van der Waals surface area (Å²) in [5.74, 6) is 0.546. The van der Waals surface area contributed by atoms with E-state index in [0.717, 1.165) is 17.0 Å². The number of hydrogen-bond acceptors (Lipinski definition) is 4. The first-order chi connectivity index (χ1) is 9.63. The van der Waals surface area contributed by atoms with E-state index < -0.39 is 0 Å². The predicted molar refractivity (Wildman–Crippen MR) is 79.5 cm³/mol. The average Bonchev–Trinajstić information content (AvgIpc) is 2.47. The number of anilines is 2. The number of carbonyl (C=O) groups excluding carboxylic acids is 1. The van der Waals surface area contributed by atoms with Crippen LogP contribution in [0, 0.1) is 6.92 Å². The van der Waals surface area contributed by atoms with Gasteiger partial charge in [0.2, 0.25) is 0 Å². The molecule has 20 heavy (non-hydrogen) atoms. The topological polar surface area (TPSA) is 63.2 Å². The molecule has 0 radical (unpaired) electrons. The Balaban J connectivity index is 2.16. The van der Waals surface area contributed by atoms with Gasteiger partial charge in [-0.15, -0.1) is 0 Å². The van der Waals surface area contributed by atoms with Gasteiger partial charge in [0.1, 0.15) is 11.4 Å². The summed E-state index contributed by atoms with van der Waals surface area (Å²) in [7, 11) is 3.41.